The summed E-state index contributed by atoms with van der Waals surface area (Å²) in [6, 6.07) is 3.57. The zero-order valence-corrected chi connectivity index (χ0v) is 12.4. The number of aliphatic carboxylic acids is 1. The largest absolute Gasteiger partial charge is 0.481 e. The lowest BCUT2D eigenvalue weighted by molar-refractivity contribution is -0.150. The Balaban J connectivity index is 1.99. The lowest BCUT2D eigenvalue weighted by Gasteiger charge is -2.22. The monoisotopic (exact) mass is 291 g/mol. The van der Waals surface area contributed by atoms with Crippen LogP contribution >= 0.6 is 0 Å². The highest BCUT2D eigenvalue weighted by Gasteiger charge is 2.42. The molecule has 0 unspecified atom stereocenters. The van der Waals surface area contributed by atoms with E-state index in [2.05, 4.69) is 10.3 Å². The fourth-order valence-corrected chi connectivity index (χ4v) is 2.76. The first-order valence-corrected chi connectivity index (χ1v) is 7.10. The first-order chi connectivity index (χ1) is 9.93. The fraction of sp³-hybridized carbons (Fsp3) is 0.533. The van der Waals surface area contributed by atoms with Gasteiger partial charge < -0.3 is 15.3 Å². The van der Waals surface area contributed by atoms with E-state index in [-0.39, 0.29) is 12.3 Å². The molecule has 1 aromatic rings. The lowest BCUT2D eigenvalue weighted by atomic mass is 9.82. The molecule has 0 spiro atoms. The van der Waals surface area contributed by atoms with Gasteiger partial charge in [-0.1, -0.05) is 12.8 Å². The molecule has 1 saturated carbocycles. The number of hydrogen-bond acceptors (Lipinski definition) is 4. The molecule has 1 amide bonds. The standard InChI is InChI=1S/C15H21N3O3/c1-18(2)12-6-5-11(10-16-12)17-13(19)9-15(14(20)21)7-3-4-8-15/h5-6,10H,3-4,7-9H2,1-2H3,(H,17,19)(H,20,21). The van der Waals surface area contributed by atoms with Crippen LogP contribution in [0.4, 0.5) is 11.5 Å². The molecule has 0 atom stereocenters. The number of carbonyl (C=O) groups is 2. The lowest BCUT2D eigenvalue weighted by Crippen LogP contribution is -2.32. The van der Waals surface area contributed by atoms with E-state index in [4.69, 9.17) is 0 Å². The van der Waals surface area contributed by atoms with E-state index < -0.39 is 11.4 Å². The number of pyridine rings is 1. The van der Waals surface area contributed by atoms with Crippen molar-refractivity contribution in [3.8, 4) is 0 Å². The Labute approximate surface area is 124 Å². The smallest absolute Gasteiger partial charge is 0.310 e. The molecule has 6 heteroatoms. The van der Waals surface area contributed by atoms with Gasteiger partial charge in [0.1, 0.15) is 5.82 Å². The van der Waals surface area contributed by atoms with E-state index in [9.17, 15) is 14.7 Å². The van der Waals surface area contributed by atoms with E-state index in [0.29, 0.717) is 18.5 Å². The molecule has 1 aliphatic carbocycles. The van der Waals surface area contributed by atoms with Gasteiger partial charge >= 0.3 is 5.97 Å². The highest BCUT2D eigenvalue weighted by molar-refractivity contribution is 5.94. The maximum Gasteiger partial charge on any atom is 0.310 e. The van der Waals surface area contributed by atoms with Crippen molar-refractivity contribution in [1.82, 2.24) is 4.98 Å². The maximum absolute atomic E-state index is 12.1. The Hall–Kier alpha value is -2.11. The molecule has 114 valence electrons. The zero-order valence-electron chi connectivity index (χ0n) is 12.4. The van der Waals surface area contributed by atoms with E-state index >= 15 is 0 Å². The molecule has 6 nitrogen and oxygen atoms in total. The Morgan fingerprint density at radius 1 is 1.33 bits per heavy atom. The van der Waals surface area contributed by atoms with Crippen molar-refractivity contribution in [2.45, 2.75) is 32.1 Å². The number of anilines is 2. The normalized spacial score (nSPS) is 16.5. The van der Waals surface area contributed by atoms with Crippen LogP contribution in [-0.2, 0) is 9.59 Å². The van der Waals surface area contributed by atoms with Crippen LogP contribution < -0.4 is 10.2 Å². The fourth-order valence-electron chi connectivity index (χ4n) is 2.76. The van der Waals surface area contributed by atoms with Crippen LogP contribution in [0.2, 0.25) is 0 Å². The van der Waals surface area contributed by atoms with Crippen molar-refractivity contribution in [1.29, 1.82) is 0 Å². The molecule has 0 radical (unpaired) electrons. The van der Waals surface area contributed by atoms with Gasteiger partial charge in [0.25, 0.3) is 0 Å². The zero-order chi connectivity index (χ0) is 15.5. The molecule has 2 rings (SSSR count). The number of carboxylic acid groups (broad SMARTS) is 1. The second-order valence-electron chi connectivity index (χ2n) is 5.82. The van der Waals surface area contributed by atoms with Gasteiger partial charge in [-0.05, 0) is 25.0 Å². The van der Waals surface area contributed by atoms with Crippen LogP contribution in [0, 0.1) is 5.41 Å². The molecule has 21 heavy (non-hydrogen) atoms. The summed E-state index contributed by atoms with van der Waals surface area (Å²) in [4.78, 5) is 29.6. The van der Waals surface area contributed by atoms with Crippen LogP contribution in [0.1, 0.15) is 32.1 Å². The summed E-state index contributed by atoms with van der Waals surface area (Å²) < 4.78 is 0. The van der Waals surface area contributed by atoms with Crippen LogP contribution in [0.3, 0.4) is 0 Å². The first kappa shape index (κ1) is 15.3. The highest BCUT2D eigenvalue weighted by Crippen LogP contribution is 2.41. The second kappa shape index (κ2) is 6.11. The van der Waals surface area contributed by atoms with Crippen molar-refractivity contribution >= 4 is 23.4 Å². The number of nitrogens with zero attached hydrogens (tertiary/aromatic N) is 2. The molecule has 1 heterocycles. The van der Waals surface area contributed by atoms with Crippen LogP contribution in [0.5, 0.6) is 0 Å². The Morgan fingerprint density at radius 2 is 2.00 bits per heavy atom. The average molecular weight is 291 g/mol. The molecule has 2 N–H and O–H groups in total. The van der Waals surface area contributed by atoms with Gasteiger partial charge in [0.15, 0.2) is 0 Å². The van der Waals surface area contributed by atoms with Crippen molar-refractivity contribution in [2.75, 3.05) is 24.3 Å². The number of hydrogen-bond donors (Lipinski definition) is 2. The molecule has 0 aromatic carbocycles. The van der Waals surface area contributed by atoms with Gasteiger partial charge in [0.2, 0.25) is 5.91 Å². The summed E-state index contributed by atoms with van der Waals surface area (Å²) in [6.45, 7) is 0. The molecule has 0 aliphatic heterocycles. The second-order valence-corrected chi connectivity index (χ2v) is 5.82. The van der Waals surface area contributed by atoms with Crippen LogP contribution in [0.25, 0.3) is 0 Å². The van der Waals surface area contributed by atoms with Gasteiger partial charge in [-0.25, -0.2) is 4.98 Å². The molecule has 1 aliphatic rings. The van der Waals surface area contributed by atoms with Gasteiger partial charge in [-0.2, -0.15) is 0 Å². The van der Waals surface area contributed by atoms with Gasteiger partial charge in [-0.15, -0.1) is 0 Å². The SMILES string of the molecule is CN(C)c1ccc(NC(=O)CC2(C(=O)O)CCCC2)cn1. The highest BCUT2D eigenvalue weighted by atomic mass is 16.4. The van der Waals surface area contributed by atoms with Gasteiger partial charge in [0, 0.05) is 20.5 Å². The molecule has 1 aromatic heterocycles. The predicted molar refractivity (Wildman–Crippen MR) is 80.3 cm³/mol. The van der Waals surface area contributed by atoms with Crippen molar-refractivity contribution in [3.63, 3.8) is 0 Å². The summed E-state index contributed by atoms with van der Waals surface area (Å²) in [5.41, 5.74) is -0.301. The summed E-state index contributed by atoms with van der Waals surface area (Å²) in [6.07, 6.45) is 4.51. The van der Waals surface area contributed by atoms with Crippen LogP contribution in [-0.4, -0.2) is 36.1 Å². The third-order valence-electron chi connectivity index (χ3n) is 4.00. The predicted octanol–water partition coefficient (Wildman–Crippen LogP) is 2.12. The number of amides is 1. The first-order valence-electron chi connectivity index (χ1n) is 7.10. The molecular weight excluding hydrogens is 270 g/mol. The van der Waals surface area contributed by atoms with E-state index in [0.717, 1.165) is 18.7 Å². The molecule has 0 saturated heterocycles. The third-order valence-corrected chi connectivity index (χ3v) is 4.00. The summed E-state index contributed by atoms with van der Waals surface area (Å²) >= 11 is 0. The Bertz CT molecular complexity index is 519. The van der Waals surface area contributed by atoms with Crippen molar-refractivity contribution in [2.24, 2.45) is 5.41 Å². The quantitative estimate of drug-likeness (QED) is 0.868. The summed E-state index contributed by atoms with van der Waals surface area (Å²) in [5.74, 6) is -0.333. The number of carboxylic acids is 1. The maximum atomic E-state index is 12.1. The molecular formula is C15H21N3O3. The number of rotatable bonds is 5. The minimum atomic E-state index is -0.888. The average Bonchev–Trinajstić information content (AvgIpc) is 2.89. The van der Waals surface area contributed by atoms with Gasteiger partial charge in [0.05, 0.1) is 17.3 Å². The van der Waals surface area contributed by atoms with Gasteiger partial charge in [-0.3, -0.25) is 9.59 Å². The minimum absolute atomic E-state index is 0.0256. The Kier molecular flexibility index (Phi) is 4.45. The molecule has 1 fully saturated rings. The van der Waals surface area contributed by atoms with E-state index in [1.807, 2.05) is 19.0 Å². The summed E-state index contributed by atoms with van der Waals surface area (Å²) in [7, 11) is 3.77. The number of aromatic nitrogens is 1. The number of carbonyl (C=O) groups excluding carboxylic acids is 1. The van der Waals surface area contributed by atoms with E-state index in [1.54, 1.807) is 18.3 Å². The van der Waals surface area contributed by atoms with Crippen molar-refractivity contribution < 1.29 is 14.7 Å². The number of nitrogens with one attached hydrogen (secondary N) is 1. The summed E-state index contributed by atoms with van der Waals surface area (Å²) in [5, 5.41) is 12.1. The van der Waals surface area contributed by atoms with Crippen molar-refractivity contribution in [3.05, 3.63) is 18.3 Å². The van der Waals surface area contributed by atoms with Crippen LogP contribution in [0.15, 0.2) is 18.3 Å². The Morgan fingerprint density at radius 3 is 2.48 bits per heavy atom. The minimum Gasteiger partial charge on any atom is -0.481 e. The van der Waals surface area contributed by atoms with E-state index in [1.165, 1.54) is 0 Å². The molecule has 0 bridgehead atoms. The third kappa shape index (κ3) is 3.51. The topological polar surface area (TPSA) is 82.5 Å².